The summed E-state index contributed by atoms with van der Waals surface area (Å²) in [5.41, 5.74) is 6.33. The highest BCUT2D eigenvalue weighted by Crippen LogP contribution is 2.04. The van der Waals surface area contributed by atoms with Gasteiger partial charge >= 0.3 is 0 Å². The molecule has 3 heteroatoms. The van der Waals surface area contributed by atoms with Crippen LogP contribution in [0.5, 0.6) is 0 Å². The third kappa shape index (κ3) is 6.74. The van der Waals surface area contributed by atoms with Gasteiger partial charge in [0.2, 0.25) is 5.91 Å². The minimum absolute atomic E-state index is 0.205. The maximum Gasteiger partial charge on any atom is 0.217 e. The van der Waals surface area contributed by atoms with Crippen LogP contribution < -0.4 is 5.73 Å². The molecule has 1 amide bonds. The number of nitrogens with two attached hydrogens (primary N) is 1. The molecule has 0 saturated heterocycles. The van der Waals surface area contributed by atoms with E-state index in [4.69, 9.17) is 5.73 Å². The normalized spacial score (nSPS) is 10.7. The molecule has 0 atom stereocenters. The molecule has 0 aliphatic carbocycles. The summed E-state index contributed by atoms with van der Waals surface area (Å²) < 4.78 is 0. The van der Waals surface area contributed by atoms with Gasteiger partial charge in [-0.25, -0.2) is 0 Å². The van der Waals surface area contributed by atoms with Crippen LogP contribution in [-0.2, 0) is 4.79 Å². The van der Waals surface area contributed by atoms with E-state index in [0.717, 1.165) is 25.9 Å². The second-order valence-corrected chi connectivity index (χ2v) is 4.30. The predicted molar refractivity (Wildman–Crippen MR) is 70.4 cm³/mol. The molecule has 0 heterocycles. The van der Waals surface area contributed by atoms with Crippen LogP contribution in [0.1, 0.15) is 24.8 Å². The first-order chi connectivity index (χ1) is 8.18. The summed E-state index contributed by atoms with van der Waals surface area (Å²) in [6, 6.07) is 10.3. The standard InChI is InChI=1S/C14H21N2O/c1-16(11-6-5-9-14(15)17)12-10-13-7-3-2-4-8-13/h2-4,7-8,10H,5-6,9,11-12H2,1H3,(H2,15,17). The van der Waals surface area contributed by atoms with E-state index in [-0.39, 0.29) is 5.91 Å². The van der Waals surface area contributed by atoms with Crippen molar-refractivity contribution in [3.05, 3.63) is 42.3 Å². The van der Waals surface area contributed by atoms with Crippen molar-refractivity contribution in [1.29, 1.82) is 0 Å². The minimum Gasteiger partial charge on any atom is -0.370 e. The molecule has 1 rings (SSSR count). The average Bonchev–Trinajstić information content (AvgIpc) is 2.33. The lowest BCUT2D eigenvalue weighted by atomic mass is 10.1. The molecule has 0 fully saturated rings. The molecule has 1 radical (unpaired) electrons. The number of carbonyl (C=O) groups excluding carboxylic acids is 1. The van der Waals surface area contributed by atoms with E-state index in [1.54, 1.807) is 0 Å². The topological polar surface area (TPSA) is 46.3 Å². The average molecular weight is 233 g/mol. The number of likely N-dealkylation sites (N-methyl/N-ethyl adjacent to an activating group) is 1. The monoisotopic (exact) mass is 233 g/mol. The van der Waals surface area contributed by atoms with Crippen LogP contribution in [0.4, 0.5) is 0 Å². The van der Waals surface area contributed by atoms with E-state index in [0.29, 0.717) is 6.42 Å². The molecule has 0 bridgehead atoms. The van der Waals surface area contributed by atoms with Crippen molar-refractivity contribution in [3.63, 3.8) is 0 Å². The van der Waals surface area contributed by atoms with Crippen molar-refractivity contribution in [2.24, 2.45) is 5.73 Å². The van der Waals surface area contributed by atoms with Crippen LogP contribution in [0, 0.1) is 6.42 Å². The molecule has 0 aliphatic rings. The van der Waals surface area contributed by atoms with Gasteiger partial charge in [-0.15, -0.1) is 0 Å². The van der Waals surface area contributed by atoms with Crippen LogP contribution in [-0.4, -0.2) is 30.9 Å². The van der Waals surface area contributed by atoms with Crippen molar-refractivity contribution in [2.75, 3.05) is 20.1 Å². The van der Waals surface area contributed by atoms with E-state index < -0.39 is 0 Å². The fourth-order valence-electron chi connectivity index (χ4n) is 1.62. The Balaban J connectivity index is 2.09. The molecule has 1 aromatic carbocycles. The van der Waals surface area contributed by atoms with Gasteiger partial charge in [0.1, 0.15) is 0 Å². The maximum atomic E-state index is 10.6. The first-order valence-electron chi connectivity index (χ1n) is 6.03. The van der Waals surface area contributed by atoms with E-state index in [2.05, 4.69) is 30.5 Å². The zero-order chi connectivity index (χ0) is 12.5. The van der Waals surface area contributed by atoms with Crippen molar-refractivity contribution >= 4 is 5.91 Å². The Bertz CT molecular complexity index is 324. The van der Waals surface area contributed by atoms with Crippen LogP contribution in [0.25, 0.3) is 0 Å². The second-order valence-electron chi connectivity index (χ2n) is 4.30. The quantitative estimate of drug-likeness (QED) is 0.696. The van der Waals surface area contributed by atoms with Gasteiger partial charge in [-0.05, 0) is 32.0 Å². The summed E-state index contributed by atoms with van der Waals surface area (Å²) in [5, 5.41) is 0. The SMILES string of the molecule is CN(C[CH]c1ccccc1)CCCCC(N)=O. The van der Waals surface area contributed by atoms with Gasteiger partial charge < -0.3 is 10.6 Å². The molecule has 3 nitrogen and oxygen atoms in total. The molecule has 0 aromatic heterocycles. The van der Waals surface area contributed by atoms with Gasteiger partial charge in [0.15, 0.2) is 0 Å². The number of amides is 1. The summed E-state index contributed by atoms with van der Waals surface area (Å²) in [6.45, 7) is 1.93. The highest BCUT2D eigenvalue weighted by Gasteiger charge is 2.00. The molecular weight excluding hydrogens is 212 g/mol. The fraction of sp³-hybridized carbons (Fsp3) is 0.429. The Kier molecular flexibility index (Phi) is 6.33. The Morgan fingerprint density at radius 2 is 2.00 bits per heavy atom. The Morgan fingerprint density at radius 1 is 1.29 bits per heavy atom. The zero-order valence-corrected chi connectivity index (χ0v) is 10.4. The molecule has 17 heavy (non-hydrogen) atoms. The van der Waals surface area contributed by atoms with Crippen molar-refractivity contribution < 1.29 is 4.79 Å². The lowest BCUT2D eigenvalue weighted by Gasteiger charge is -2.15. The fourth-order valence-corrected chi connectivity index (χ4v) is 1.62. The number of benzene rings is 1. The third-order valence-corrected chi connectivity index (χ3v) is 2.65. The van der Waals surface area contributed by atoms with Crippen molar-refractivity contribution in [3.8, 4) is 0 Å². The lowest BCUT2D eigenvalue weighted by Crippen LogP contribution is -2.22. The van der Waals surface area contributed by atoms with E-state index in [9.17, 15) is 4.79 Å². The summed E-state index contributed by atoms with van der Waals surface area (Å²) in [4.78, 5) is 12.8. The van der Waals surface area contributed by atoms with Crippen LogP contribution in [0.3, 0.4) is 0 Å². The van der Waals surface area contributed by atoms with E-state index >= 15 is 0 Å². The zero-order valence-electron chi connectivity index (χ0n) is 10.4. The number of primary amides is 1. The third-order valence-electron chi connectivity index (χ3n) is 2.65. The number of hydrogen-bond acceptors (Lipinski definition) is 2. The van der Waals surface area contributed by atoms with Crippen molar-refractivity contribution in [2.45, 2.75) is 19.3 Å². The molecule has 2 N–H and O–H groups in total. The highest BCUT2D eigenvalue weighted by atomic mass is 16.1. The first-order valence-corrected chi connectivity index (χ1v) is 6.03. The molecule has 0 aliphatic heterocycles. The van der Waals surface area contributed by atoms with Gasteiger partial charge in [0.05, 0.1) is 0 Å². The van der Waals surface area contributed by atoms with Crippen molar-refractivity contribution in [1.82, 2.24) is 4.90 Å². The second kappa shape index (κ2) is 7.85. The number of unbranched alkanes of at least 4 members (excludes halogenated alkanes) is 1. The molecule has 93 valence electrons. The van der Waals surface area contributed by atoms with Gasteiger partial charge in [-0.3, -0.25) is 4.79 Å². The molecule has 1 aromatic rings. The largest absolute Gasteiger partial charge is 0.370 e. The summed E-state index contributed by atoms with van der Waals surface area (Å²) >= 11 is 0. The van der Waals surface area contributed by atoms with E-state index in [1.807, 2.05) is 18.2 Å². The summed E-state index contributed by atoms with van der Waals surface area (Å²) in [7, 11) is 2.09. The maximum absolute atomic E-state index is 10.6. The lowest BCUT2D eigenvalue weighted by molar-refractivity contribution is -0.118. The number of hydrogen-bond donors (Lipinski definition) is 1. The van der Waals surface area contributed by atoms with Gasteiger partial charge in [0.25, 0.3) is 0 Å². The smallest absolute Gasteiger partial charge is 0.217 e. The van der Waals surface area contributed by atoms with Crippen LogP contribution >= 0.6 is 0 Å². The van der Waals surface area contributed by atoms with Gasteiger partial charge in [-0.1, -0.05) is 30.3 Å². The predicted octanol–water partition coefficient (Wildman–Crippen LogP) is 1.83. The molecule has 0 saturated carbocycles. The number of carbonyl (C=O) groups is 1. The Labute approximate surface area is 104 Å². The first kappa shape index (κ1) is 13.7. The molecular formula is C14H21N2O. The molecule has 0 spiro atoms. The molecule has 0 unspecified atom stereocenters. The van der Waals surface area contributed by atoms with Gasteiger partial charge in [0, 0.05) is 19.4 Å². The summed E-state index contributed by atoms with van der Waals surface area (Å²) in [6.07, 6.45) is 4.59. The highest BCUT2D eigenvalue weighted by molar-refractivity contribution is 5.73. The Morgan fingerprint density at radius 3 is 2.65 bits per heavy atom. The van der Waals surface area contributed by atoms with Gasteiger partial charge in [-0.2, -0.15) is 0 Å². The summed E-state index contributed by atoms with van der Waals surface area (Å²) in [5.74, 6) is -0.205. The van der Waals surface area contributed by atoms with Crippen LogP contribution in [0.2, 0.25) is 0 Å². The number of nitrogens with zero attached hydrogens (tertiary/aromatic N) is 1. The van der Waals surface area contributed by atoms with Crippen LogP contribution in [0.15, 0.2) is 30.3 Å². The van der Waals surface area contributed by atoms with E-state index in [1.165, 1.54) is 5.56 Å². The minimum atomic E-state index is -0.205. The number of rotatable bonds is 8. The Hall–Kier alpha value is -1.35.